The number of hydrogen-bond acceptors (Lipinski definition) is 2. The van der Waals surface area contributed by atoms with Crippen LogP contribution in [-0.4, -0.2) is 40.5 Å². The lowest BCUT2D eigenvalue weighted by atomic mass is 9.89. The van der Waals surface area contributed by atoms with Gasteiger partial charge >= 0.3 is 0 Å². The van der Waals surface area contributed by atoms with Gasteiger partial charge in [0.1, 0.15) is 5.38 Å². The van der Waals surface area contributed by atoms with Crippen LogP contribution in [0.4, 0.5) is 0 Å². The number of nitrogens with zero attached hydrogens (tertiary/aromatic N) is 1. The molecule has 17 heavy (non-hydrogen) atoms. The third-order valence-corrected chi connectivity index (χ3v) is 4.46. The molecule has 98 valence electrons. The van der Waals surface area contributed by atoms with Gasteiger partial charge in [-0.15, -0.1) is 11.6 Å². The molecule has 1 saturated carbocycles. The van der Waals surface area contributed by atoms with Crippen molar-refractivity contribution < 1.29 is 9.90 Å². The van der Waals surface area contributed by atoms with Crippen LogP contribution in [0.5, 0.6) is 0 Å². The molecule has 2 aliphatic rings. The standard InChI is InChI=1S/C13H22ClNO2/c1-2-11(14)13(17)15-6-5-12(16)10(8-15)7-9-3-4-9/h9-12,16H,2-8H2,1H3. The summed E-state index contributed by atoms with van der Waals surface area (Å²) in [6, 6.07) is 0. The number of likely N-dealkylation sites (tertiary alicyclic amines) is 1. The maximum atomic E-state index is 12.0. The van der Waals surface area contributed by atoms with Crippen molar-refractivity contribution in [2.24, 2.45) is 11.8 Å². The van der Waals surface area contributed by atoms with E-state index in [1.54, 1.807) is 0 Å². The molecule has 2 rings (SSSR count). The summed E-state index contributed by atoms with van der Waals surface area (Å²) in [7, 11) is 0. The van der Waals surface area contributed by atoms with Crippen molar-refractivity contribution in [3.63, 3.8) is 0 Å². The molecule has 1 amide bonds. The van der Waals surface area contributed by atoms with Gasteiger partial charge in [-0.3, -0.25) is 4.79 Å². The minimum atomic E-state index is -0.396. The van der Waals surface area contributed by atoms with Gasteiger partial charge in [0, 0.05) is 19.0 Å². The van der Waals surface area contributed by atoms with Crippen molar-refractivity contribution in [2.45, 2.75) is 50.5 Å². The zero-order valence-electron chi connectivity index (χ0n) is 10.4. The lowest BCUT2D eigenvalue weighted by Gasteiger charge is -2.37. The van der Waals surface area contributed by atoms with Gasteiger partial charge in [0.25, 0.3) is 0 Å². The Bertz CT molecular complexity index is 281. The number of alkyl halides is 1. The Kier molecular flexibility index (Phi) is 4.31. The molecule has 0 aromatic heterocycles. The third-order valence-electron chi connectivity index (χ3n) is 3.96. The molecule has 1 saturated heterocycles. The zero-order chi connectivity index (χ0) is 12.4. The van der Waals surface area contributed by atoms with Crippen LogP contribution in [0, 0.1) is 11.8 Å². The van der Waals surface area contributed by atoms with E-state index in [1.165, 1.54) is 12.8 Å². The first-order valence-electron chi connectivity index (χ1n) is 6.72. The molecule has 0 aromatic carbocycles. The van der Waals surface area contributed by atoms with E-state index >= 15 is 0 Å². The molecular formula is C13H22ClNO2. The van der Waals surface area contributed by atoms with E-state index in [0.717, 1.165) is 12.3 Å². The molecular weight excluding hydrogens is 238 g/mol. The van der Waals surface area contributed by atoms with E-state index in [1.807, 2.05) is 11.8 Å². The van der Waals surface area contributed by atoms with Crippen LogP contribution in [0.2, 0.25) is 0 Å². The second kappa shape index (κ2) is 5.57. The predicted octanol–water partition coefficient (Wildman–Crippen LogP) is 2.01. The van der Waals surface area contributed by atoms with E-state index in [0.29, 0.717) is 25.9 Å². The van der Waals surface area contributed by atoms with E-state index in [-0.39, 0.29) is 17.9 Å². The molecule has 0 bridgehead atoms. The number of rotatable bonds is 4. The SMILES string of the molecule is CCC(Cl)C(=O)N1CCC(O)C(CC2CC2)C1. The topological polar surface area (TPSA) is 40.5 Å². The van der Waals surface area contributed by atoms with Gasteiger partial charge in [0.15, 0.2) is 0 Å². The van der Waals surface area contributed by atoms with Gasteiger partial charge in [0.2, 0.25) is 5.91 Å². The summed E-state index contributed by atoms with van der Waals surface area (Å²) < 4.78 is 0. The highest BCUT2D eigenvalue weighted by molar-refractivity contribution is 6.30. The monoisotopic (exact) mass is 259 g/mol. The summed E-state index contributed by atoms with van der Waals surface area (Å²) >= 11 is 6.00. The highest BCUT2D eigenvalue weighted by Crippen LogP contribution is 2.38. The number of amides is 1. The van der Waals surface area contributed by atoms with E-state index in [9.17, 15) is 9.90 Å². The first-order valence-corrected chi connectivity index (χ1v) is 7.16. The fourth-order valence-electron chi connectivity index (χ4n) is 2.61. The summed E-state index contributed by atoms with van der Waals surface area (Å²) in [6.45, 7) is 3.28. The van der Waals surface area contributed by atoms with Crippen molar-refractivity contribution >= 4 is 17.5 Å². The van der Waals surface area contributed by atoms with Gasteiger partial charge in [-0.2, -0.15) is 0 Å². The quantitative estimate of drug-likeness (QED) is 0.785. The number of halogens is 1. The Balaban J connectivity index is 1.89. The lowest BCUT2D eigenvalue weighted by molar-refractivity contribution is -0.134. The highest BCUT2D eigenvalue weighted by atomic mass is 35.5. The summed E-state index contributed by atoms with van der Waals surface area (Å²) in [5.41, 5.74) is 0. The Morgan fingerprint density at radius 2 is 2.18 bits per heavy atom. The molecule has 4 heteroatoms. The van der Waals surface area contributed by atoms with Gasteiger partial charge in [-0.05, 0) is 25.2 Å². The van der Waals surface area contributed by atoms with Crippen LogP contribution in [0.15, 0.2) is 0 Å². The molecule has 2 fully saturated rings. The van der Waals surface area contributed by atoms with Gasteiger partial charge in [-0.25, -0.2) is 0 Å². The second-order valence-corrected chi connectivity index (χ2v) is 5.98. The van der Waals surface area contributed by atoms with Gasteiger partial charge < -0.3 is 10.0 Å². The Morgan fingerprint density at radius 3 is 2.76 bits per heavy atom. The second-order valence-electron chi connectivity index (χ2n) is 5.46. The van der Waals surface area contributed by atoms with Crippen molar-refractivity contribution in [2.75, 3.05) is 13.1 Å². The molecule has 1 heterocycles. The number of carbonyl (C=O) groups excluding carboxylic acids is 1. The first kappa shape index (κ1) is 13.2. The summed E-state index contributed by atoms with van der Waals surface area (Å²) in [4.78, 5) is 13.8. The maximum Gasteiger partial charge on any atom is 0.240 e. The van der Waals surface area contributed by atoms with Crippen LogP contribution in [-0.2, 0) is 4.79 Å². The predicted molar refractivity (Wildman–Crippen MR) is 68.0 cm³/mol. The number of aliphatic hydroxyl groups is 1. The number of hydrogen-bond donors (Lipinski definition) is 1. The molecule has 0 aromatic rings. The molecule has 0 spiro atoms. The normalized spacial score (nSPS) is 31.4. The highest BCUT2D eigenvalue weighted by Gasteiger charge is 2.35. The Labute approximate surface area is 108 Å². The van der Waals surface area contributed by atoms with E-state index in [4.69, 9.17) is 11.6 Å². The van der Waals surface area contributed by atoms with Gasteiger partial charge in [0.05, 0.1) is 6.10 Å². The largest absolute Gasteiger partial charge is 0.393 e. The summed E-state index contributed by atoms with van der Waals surface area (Å²) in [5, 5.41) is 9.57. The van der Waals surface area contributed by atoms with Crippen molar-refractivity contribution in [3.8, 4) is 0 Å². The van der Waals surface area contributed by atoms with Crippen LogP contribution in [0.1, 0.15) is 39.0 Å². The lowest BCUT2D eigenvalue weighted by Crippen LogP contribution is -2.48. The molecule has 3 nitrogen and oxygen atoms in total. The zero-order valence-corrected chi connectivity index (χ0v) is 11.2. The fraction of sp³-hybridized carbons (Fsp3) is 0.923. The minimum absolute atomic E-state index is 0.0434. The van der Waals surface area contributed by atoms with Crippen molar-refractivity contribution in [3.05, 3.63) is 0 Å². The van der Waals surface area contributed by atoms with Gasteiger partial charge in [-0.1, -0.05) is 19.8 Å². The summed E-state index contributed by atoms with van der Waals surface area (Å²) in [5.74, 6) is 1.10. The maximum absolute atomic E-state index is 12.0. The summed E-state index contributed by atoms with van der Waals surface area (Å²) in [6.07, 6.45) is 4.82. The molecule has 1 N–H and O–H groups in total. The molecule has 1 aliphatic carbocycles. The number of carbonyl (C=O) groups is 1. The van der Waals surface area contributed by atoms with E-state index < -0.39 is 5.38 Å². The molecule has 3 atom stereocenters. The molecule has 0 radical (unpaired) electrons. The smallest absolute Gasteiger partial charge is 0.240 e. The average molecular weight is 260 g/mol. The molecule has 3 unspecified atom stereocenters. The minimum Gasteiger partial charge on any atom is -0.393 e. The average Bonchev–Trinajstić information content (AvgIpc) is 3.14. The van der Waals surface area contributed by atoms with Crippen molar-refractivity contribution in [1.82, 2.24) is 4.90 Å². The van der Waals surface area contributed by atoms with Crippen LogP contribution >= 0.6 is 11.6 Å². The van der Waals surface area contributed by atoms with Crippen LogP contribution in [0.25, 0.3) is 0 Å². The van der Waals surface area contributed by atoms with Crippen molar-refractivity contribution in [1.29, 1.82) is 0 Å². The number of aliphatic hydroxyl groups excluding tert-OH is 1. The van der Waals surface area contributed by atoms with Crippen LogP contribution in [0.3, 0.4) is 0 Å². The Morgan fingerprint density at radius 1 is 1.47 bits per heavy atom. The Hall–Kier alpha value is -0.280. The number of piperidine rings is 1. The van der Waals surface area contributed by atoms with Crippen LogP contribution < -0.4 is 0 Å². The first-order chi connectivity index (χ1) is 8.11. The van der Waals surface area contributed by atoms with E-state index in [2.05, 4.69) is 0 Å². The fourth-order valence-corrected chi connectivity index (χ4v) is 2.74. The molecule has 1 aliphatic heterocycles. The third kappa shape index (κ3) is 3.35.